The molecule has 3 N–H and O–H groups in total. The van der Waals surface area contributed by atoms with Gasteiger partial charge in [-0.25, -0.2) is 5.26 Å². The van der Waals surface area contributed by atoms with Crippen LogP contribution in [0.3, 0.4) is 0 Å². The van der Waals surface area contributed by atoms with Gasteiger partial charge in [-0.1, -0.05) is 5.40 Å². The van der Waals surface area contributed by atoms with Crippen LogP contribution in [0.2, 0.25) is 0 Å². The Bertz CT molecular complexity index is 35.0. The summed E-state index contributed by atoms with van der Waals surface area (Å²) < 4.78 is 0. The summed E-state index contributed by atoms with van der Waals surface area (Å²) in [7, 11) is 0. The van der Waals surface area contributed by atoms with E-state index < -0.39 is 0 Å². The Morgan fingerprint density at radius 1 is 1.50 bits per heavy atom. The molecule has 0 bridgehead atoms. The van der Waals surface area contributed by atoms with Crippen molar-refractivity contribution in [2.24, 2.45) is 0 Å². The maximum Gasteiger partial charge on any atom is 1.00 e. The Morgan fingerprint density at radius 2 is 1.50 bits per heavy atom. The molecule has 0 rings (SSSR count). The normalized spacial score (nSPS) is 1.17. The molecule has 0 spiro atoms. The number of hydrogen-bond donors (Lipinski definition) is 1. The molecule has 0 aromatic rings. The first-order chi connectivity index (χ1) is 1.41. The maximum absolute atomic E-state index is 7.13. The van der Waals surface area contributed by atoms with Gasteiger partial charge in [-0.05, 0) is 0 Å². The zero-order valence-electron chi connectivity index (χ0n) is 3.77. The summed E-state index contributed by atoms with van der Waals surface area (Å²) in [6.07, 6.45) is 0. The average molecular weight is 102 g/mol. The van der Waals surface area contributed by atoms with Gasteiger partial charge in [-0.2, -0.15) is 0 Å². The standard InChI is InChI=1S/CHNS.He.H3N.Na/c2-1-3;;;/h3H;;1H3;/q;;;+1/p-1. The van der Waals surface area contributed by atoms with Crippen LogP contribution in [0.25, 0.3) is 0 Å². The molecule has 0 radical (unpaired) electrons. The van der Waals surface area contributed by atoms with Gasteiger partial charge < -0.3 is 18.8 Å². The molecule has 0 aliphatic carbocycles. The Kier molecular flexibility index (Phi) is 241. The van der Waals surface area contributed by atoms with Crippen LogP contribution in [0.15, 0.2) is 0 Å². The van der Waals surface area contributed by atoms with E-state index in [1.54, 1.807) is 0 Å². The van der Waals surface area contributed by atoms with Crippen LogP contribution < -0.4 is 35.7 Å². The zero-order valence-corrected chi connectivity index (χ0v) is 6.59. The summed E-state index contributed by atoms with van der Waals surface area (Å²) >= 11 is 3.70. The summed E-state index contributed by atoms with van der Waals surface area (Å²) in [6.45, 7) is 0. The summed E-state index contributed by atoms with van der Waals surface area (Å²) in [6, 6.07) is 0. The van der Waals surface area contributed by atoms with Gasteiger partial charge >= 0.3 is 29.6 Å². The molecule has 2 nitrogen and oxygen atoms in total. The van der Waals surface area contributed by atoms with Crippen molar-refractivity contribution in [2.75, 3.05) is 0 Å². The number of rotatable bonds is 0. The fraction of sp³-hybridized carbons (Fsp3) is 0. The second kappa shape index (κ2) is 46.9. The molecule has 0 heterocycles. The monoisotopic (exact) mass is 102 g/mol. The molecule has 0 aliphatic heterocycles. The number of nitrogens with zero attached hydrogens (tertiary/aromatic N) is 1. The summed E-state index contributed by atoms with van der Waals surface area (Å²) in [4.78, 5) is 0. The summed E-state index contributed by atoms with van der Waals surface area (Å²) in [5.41, 5.74) is 0. The third kappa shape index (κ3) is 175. The molecule has 0 fully saturated rings. The smallest absolute Gasteiger partial charge is 0.696 e. The molecule has 26 valence electrons. The predicted molar refractivity (Wildman–Crippen MR) is 18.0 cm³/mol. The molecule has 0 saturated carbocycles. The van der Waals surface area contributed by atoms with Crippen molar-refractivity contribution in [3.05, 3.63) is 0 Å². The van der Waals surface area contributed by atoms with E-state index in [1.807, 2.05) is 0 Å². The summed E-state index contributed by atoms with van der Waals surface area (Å²) in [5.74, 6) is 0. The minimum absolute atomic E-state index is 0. The first-order valence-corrected chi connectivity index (χ1v) is 0.836. The van der Waals surface area contributed by atoms with Crippen LogP contribution in [0.4, 0.5) is 0 Å². The molecule has 5 heteroatoms. The molecule has 0 amide bonds. The van der Waals surface area contributed by atoms with Crippen LogP contribution in [-0.4, -0.2) is 0 Å². The molecular weight excluding hydrogens is 99.1 g/mol. The number of nitriles is 1. The van der Waals surface area contributed by atoms with Crippen LogP contribution in [0.5, 0.6) is 0 Å². The molecule has 0 aromatic carbocycles. The van der Waals surface area contributed by atoms with Gasteiger partial charge in [0, 0.05) is 6.15 Å². The second-order valence-corrected chi connectivity index (χ2v) is 0.274. The van der Waals surface area contributed by atoms with Crippen molar-refractivity contribution in [1.82, 2.24) is 6.15 Å². The quantitative estimate of drug-likeness (QED) is 0.204. The minimum Gasteiger partial charge on any atom is -0.696 e. The molecule has 0 saturated heterocycles. The Hall–Kier alpha value is 0.579. The molecule has 0 unspecified atom stereocenters. The number of hydrogen-bond acceptors (Lipinski definition) is 3. The van der Waals surface area contributed by atoms with Gasteiger partial charge in [0.2, 0.25) is 0 Å². The Morgan fingerprint density at radius 3 is 1.50 bits per heavy atom. The third-order valence-corrected chi connectivity index (χ3v) is 0. The van der Waals surface area contributed by atoms with Gasteiger partial charge in [0.25, 0.3) is 0 Å². The molecule has 0 aromatic heterocycles. The number of thiocyanates is 1. The van der Waals surface area contributed by atoms with Crippen LogP contribution in [-0.2, 0) is 12.6 Å². The Labute approximate surface area is 65.0 Å². The van der Waals surface area contributed by atoms with E-state index in [1.165, 1.54) is 5.40 Å². The summed E-state index contributed by atoms with van der Waals surface area (Å²) in [5, 5.41) is 8.47. The predicted octanol–water partition coefficient (Wildman–Crippen LogP) is -2.82. The van der Waals surface area contributed by atoms with Gasteiger partial charge in [-0.15, -0.1) is 0 Å². The van der Waals surface area contributed by atoms with Gasteiger partial charge in [0.05, 0.1) is 0 Å². The van der Waals surface area contributed by atoms with Crippen molar-refractivity contribution in [2.45, 2.75) is 0 Å². The van der Waals surface area contributed by atoms with Gasteiger partial charge in [0.1, 0.15) is 0 Å². The second-order valence-electron chi connectivity index (χ2n) is 0.0913. The third-order valence-electron chi connectivity index (χ3n) is 0. The molecule has 0 aliphatic rings. The Balaban J connectivity index is -0.00000000667. The van der Waals surface area contributed by atoms with Crippen LogP contribution in [0, 0.1) is 16.8 Å². The van der Waals surface area contributed by atoms with Crippen LogP contribution >= 0.6 is 0 Å². The first-order valence-electron chi connectivity index (χ1n) is 0.428. The molecule has 0 atom stereocenters. The van der Waals surface area contributed by atoms with Gasteiger partial charge in [-0.3, -0.25) is 0 Å². The SMILES string of the molecule is N.N#C[S-].[He].[Na+]. The topological polar surface area (TPSA) is 58.8 Å². The van der Waals surface area contributed by atoms with E-state index in [2.05, 4.69) is 12.6 Å². The van der Waals surface area contributed by atoms with Crippen molar-refractivity contribution >= 4 is 12.6 Å². The van der Waals surface area contributed by atoms with E-state index >= 15 is 0 Å². The van der Waals surface area contributed by atoms with Crippen molar-refractivity contribution in [3.63, 3.8) is 0 Å². The van der Waals surface area contributed by atoms with E-state index in [0.717, 1.165) is 0 Å². The largest absolute Gasteiger partial charge is 1.00 e. The fourth-order valence-corrected chi connectivity index (χ4v) is 0. The maximum atomic E-state index is 7.13. The van der Waals surface area contributed by atoms with E-state index in [9.17, 15) is 0 Å². The minimum atomic E-state index is 0. The van der Waals surface area contributed by atoms with Crippen molar-refractivity contribution in [1.29, 1.82) is 5.26 Å². The van der Waals surface area contributed by atoms with E-state index in [0.29, 0.717) is 0 Å². The van der Waals surface area contributed by atoms with E-state index in [-0.39, 0.29) is 41.9 Å². The first kappa shape index (κ1) is 30.8. The average Bonchev–Trinajstić information content (AvgIpc) is 0.918. The fourth-order valence-electron chi connectivity index (χ4n) is 0. The van der Waals surface area contributed by atoms with Gasteiger partial charge in [0.15, 0.2) is 0 Å². The van der Waals surface area contributed by atoms with E-state index in [4.69, 9.17) is 5.26 Å². The molecular formula is CH3HeN2NaS. The van der Waals surface area contributed by atoms with Crippen molar-refractivity contribution < 1.29 is 35.7 Å². The van der Waals surface area contributed by atoms with Crippen molar-refractivity contribution in [3.8, 4) is 5.40 Å². The molecule has 6 heavy (non-hydrogen) atoms. The van der Waals surface area contributed by atoms with Crippen LogP contribution in [0.1, 0.15) is 0 Å². The zero-order chi connectivity index (χ0) is 2.71.